The van der Waals surface area contributed by atoms with Crippen molar-refractivity contribution in [3.8, 4) is 0 Å². The van der Waals surface area contributed by atoms with E-state index in [1.807, 2.05) is 26.0 Å². The number of carbonyl (C=O) groups excluding carboxylic acids is 1. The van der Waals surface area contributed by atoms with Gasteiger partial charge in [0.05, 0.1) is 6.61 Å². The lowest BCUT2D eigenvalue weighted by Gasteiger charge is -2.27. The van der Waals surface area contributed by atoms with Crippen LogP contribution in [0.25, 0.3) is 0 Å². The van der Waals surface area contributed by atoms with Crippen molar-refractivity contribution in [2.24, 2.45) is 0 Å². The third-order valence-corrected chi connectivity index (χ3v) is 3.29. The molecule has 0 fully saturated rings. The Morgan fingerprint density at radius 3 is 2.39 bits per heavy atom. The maximum atomic E-state index is 11.4. The molecule has 0 aromatic heterocycles. The average molecular weight is 250 g/mol. The number of nitrogens with one attached hydrogen (secondary N) is 2. The van der Waals surface area contributed by atoms with Gasteiger partial charge in [-0.2, -0.15) is 0 Å². The second-order valence-corrected chi connectivity index (χ2v) is 4.70. The maximum absolute atomic E-state index is 11.4. The van der Waals surface area contributed by atoms with Crippen LogP contribution in [-0.4, -0.2) is 30.2 Å². The fraction of sp³-hybridized carbons (Fsp3) is 0.500. The van der Waals surface area contributed by atoms with Gasteiger partial charge in [-0.25, -0.2) is 0 Å². The van der Waals surface area contributed by atoms with Crippen molar-refractivity contribution in [1.82, 2.24) is 10.6 Å². The number of amides is 1. The third-order valence-electron chi connectivity index (χ3n) is 3.29. The standard InChI is InChI=1S/C14H22N2O2/c1-4-14(2,10-17)16-9-11-5-7-12(8-6-11)13(18)15-3/h5-8,16-17H,4,9-10H2,1-3H3,(H,15,18). The van der Waals surface area contributed by atoms with Crippen LogP contribution in [0.2, 0.25) is 0 Å². The fourth-order valence-corrected chi connectivity index (χ4v) is 1.53. The predicted octanol–water partition coefficient (Wildman–Crippen LogP) is 1.30. The number of rotatable bonds is 6. The van der Waals surface area contributed by atoms with E-state index in [-0.39, 0.29) is 18.1 Å². The first kappa shape index (κ1) is 14.7. The quantitative estimate of drug-likeness (QED) is 0.713. The second-order valence-electron chi connectivity index (χ2n) is 4.70. The van der Waals surface area contributed by atoms with Crippen molar-refractivity contribution in [3.05, 3.63) is 35.4 Å². The zero-order valence-corrected chi connectivity index (χ0v) is 11.3. The summed E-state index contributed by atoms with van der Waals surface area (Å²) in [6.45, 7) is 4.82. The van der Waals surface area contributed by atoms with Gasteiger partial charge >= 0.3 is 0 Å². The van der Waals surface area contributed by atoms with E-state index in [1.54, 1.807) is 19.2 Å². The van der Waals surface area contributed by atoms with Crippen LogP contribution < -0.4 is 10.6 Å². The normalized spacial score (nSPS) is 14.0. The average Bonchev–Trinajstić information content (AvgIpc) is 2.44. The Kier molecular flexibility index (Phi) is 5.31. The van der Waals surface area contributed by atoms with Crippen molar-refractivity contribution in [2.45, 2.75) is 32.4 Å². The molecule has 0 spiro atoms. The summed E-state index contributed by atoms with van der Waals surface area (Å²) in [5.41, 5.74) is 1.50. The van der Waals surface area contributed by atoms with Gasteiger partial charge in [-0.15, -0.1) is 0 Å². The van der Waals surface area contributed by atoms with Crippen molar-refractivity contribution in [1.29, 1.82) is 0 Å². The van der Waals surface area contributed by atoms with Crippen LogP contribution in [0.1, 0.15) is 36.2 Å². The predicted molar refractivity (Wildman–Crippen MR) is 72.5 cm³/mol. The molecule has 0 aliphatic rings. The molecule has 100 valence electrons. The van der Waals surface area contributed by atoms with E-state index < -0.39 is 0 Å². The Balaban J connectivity index is 2.62. The summed E-state index contributed by atoms with van der Waals surface area (Å²) in [7, 11) is 1.62. The molecule has 0 saturated heterocycles. The van der Waals surface area contributed by atoms with Gasteiger partial charge in [0, 0.05) is 24.7 Å². The largest absolute Gasteiger partial charge is 0.394 e. The molecule has 1 aromatic carbocycles. The van der Waals surface area contributed by atoms with Gasteiger partial charge in [-0.3, -0.25) is 4.79 Å². The molecule has 1 aromatic rings. The van der Waals surface area contributed by atoms with Crippen LogP contribution >= 0.6 is 0 Å². The summed E-state index contributed by atoms with van der Waals surface area (Å²) in [5, 5.41) is 15.2. The molecule has 0 aliphatic carbocycles. The summed E-state index contributed by atoms with van der Waals surface area (Å²) < 4.78 is 0. The van der Waals surface area contributed by atoms with Crippen LogP contribution in [0.4, 0.5) is 0 Å². The van der Waals surface area contributed by atoms with Crippen molar-refractivity contribution < 1.29 is 9.90 Å². The summed E-state index contributed by atoms with van der Waals surface area (Å²) in [6.07, 6.45) is 0.861. The van der Waals surface area contributed by atoms with Gasteiger partial charge in [-0.05, 0) is 31.0 Å². The number of aliphatic hydroxyl groups excluding tert-OH is 1. The Labute approximate surface area is 108 Å². The number of hydrogen-bond acceptors (Lipinski definition) is 3. The molecule has 18 heavy (non-hydrogen) atoms. The van der Waals surface area contributed by atoms with E-state index in [0.29, 0.717) is 12.1 Å². The van der Waals surface area contributed by atoms with Crippen molar-refractivity contribution >= 4 is 5.91 Å². The Morgan fingerprint density at radius 1 is 1.33 bits per heavy atom. The van der Waals surface area contributed by atoms with Crippen LogP contribution in [0, 0.1) is 0 Å². The highest BCUT2D eigenvalue weighted by Crippen LogP contribution is 2.10. The smallest absolute Gasteiger partial charge is 0.251 e. The Bertz CT molecular complexity index is 383. The molecule has 0 radical (unpaired) electrons. The van der Waals surface area contributed by atoms with E-state index in [2.05, 4.69) is 10.6 Å². The zero-order chi connectivity index (χ0) is 13.6. The first-order valence-electron chi connectivity index (χ1n) is 6.21. The molecule has 0 saturated carbocycles. The summed E-state index contributed by atoms with van der Waals surface area (Å²) in [4.78, 5) is 11.4. The third kappa shape index (κ3) is 3.82. The number of aliphatic hydroxyl groups is 1. The van der Waals surface area contributed by atoms with Crippen LogP contribution in [-0.2, 0) is 6.54 Å². The zero-order valence-electron chi connectivity index (χ0n) is 11.3. The van der Waals surface area contributed by atoms with Crippen molar-refractivity contribution in [2.75, 3.05) is 13.7 Å². The monoisotopic (exact) mass is 250 g/mol. The summed E-state index contributed by atoms with van der Waals surface area (Å²) >= 11 is 0. The van der Waals surface area contributed by atoms with Gasteiger partial charge < -0.3 is 15.7 Å². The van der Waals surface area contributed by atoms with Gasteiger partial charge in [0.25, 0.3) is 5.91 Å². The molecule has 4 nitrogen and oxygen atoms in total. The van der Waals surface area contributed by atoms with E-state index in [9.17, 15) is 9.90 Å². The lowest BCUT2D eigenvalue weighted by molar-refractivity contribution is 0.0963. The minimum atomic E-state index is -0.251. The molecule has 1 rings (SSSR count). The minimum Gasteiger partial charge on any atom is -0.394 e. The highest BCUT2D eigenvalue weighted by molar-refractivity contribution is 5.93. The van der Waals surface area contributed by atoms with Crippen LogP contribution in [0.15, 0.2) is 24.3 Å². The number of hydrogen-bond donors (Lipinski definition) is 3. The molecular formula is C14H22N2O2. The second kappa shape index (κ2) is 6.52. The van der Waals surface area contributed by atoms with Gasteiger partial charge in [0.2, 0.25) is 0 Å². The first-order valence-corrected chi connectivity index (χ1v) is 6.21. The summed E-state index contributed by atoms with van der Waals surface area (Å²) in [6, 6.07) is 7.45. The molecule has 0 bridgehead atoms. The van der Waals surface area contributed by atoms with E-state index in [0.717, 1.165) is 12.0 Å². The van der Waals surface area contributed by atoms with Gasteiger partial charge in [0.15, 0.2) is 0 Å². The fourth-order valence-electron chi connectivity index (χ4n) is 1.53. The molecule has 1 atom stereocenters. The Morgan fingerprint density at radius 2 is 1.94 bits per heavy atom. The molecule has 0 aliphatic heterocycles. The maximum Gasteiger partial charge on any atom is 0.251 e. The molecule has 1 unspecified atom stereocenters. The topological polar surface area (TPSA) is 61.4 Å². The minimum absolute atomic E-state index is 0.0803. The van der Waals surface area contributed by atoms with Crippen LogP contribution in [0.3, 0.4) is 0 Å². The lowest BCUT2D eigenvalue weighted by Crippen LogP contribution is -2.44. The molecular weight excluding hydrogens is 228 g/mol. The van der Waals surface area contributed by atoms with Crippen LogP contribution in [0.5, 0.6) is 0 Å². The van der Waals surface area contributed by atoms with E-state index in [4.69, 9.17) is 0 Å². The molecule has 3 N–H and O–H groups in total. The van der Waals surface area contributed by atoms with Gasteiger partial charge in [-0.1, -0.05) is 19.1 Å². The molecule has 4 heteroatoms. The van der Waals surface area contributed by atoms with E-state index in [1.165, 1.54) is 0 Å². The lowest BCUT2D eigenvalue weighted by atomic mass is 9.99. The first-order chi connectivity index (χ1) is 8.54. The van der Waals surface area contributed by atoms with Gasteiger partial charge in [0.1, 0.15) is 0 Å². The molecule has 1 amide bonds. The number of carbonyl (C=O) groups is 1. The Hall–Kier alpha value is -1.39. The SMILES string of the molecule is CCC(C)(CO)NCc1ccc(C(=O)NC)cc1. The highest BCUT2D eigenvalue weighted by atomic mass is 16.3. The number of benzene rings is 1. The van der Waals surface area contributed by atoms with Crippen molar-refractivity contribution in [3.63, 3.8) is 0 Å². The molecule has 0 heterocycles. The summed E-state index contributed by atoms with van der Waals surface area (Å²) in [5.74, 6) is -0.0803. The highest BCUT2D eigenvalue weighted by Gasteiger charge is 2.19. The van der Waals surface area contributed by atoms with E-state index >= 15 is 0 Å².